The van der Waals surface area contributed by atoms with Gasteiger partial charge < -0.3 is 0 Å². The van der Waals surface area contributed by atoms with E-state index in [1.165, 1.54) is 60.2 Å². The van der Waals surface area contributed by atoms with Gasteiger partial charge in [-0.2, -0.15) is 0 Å². The van der Waals surface area contributed by atoms with E-state index in [0.717, 1.165) is 9.50 Å². The Morgan fingerprint density at radius 1 is 0.556 bits per heavy atom. The van der Waals surface area contributed by atoms with Crippen molar-refractivity contribution < 1.29 is 0 Å². The summed E-state index contributed by atoms with van der Waals surface area (Å²) in [6.07, 6.45) is 1.89. The number of nitrogens with zero attached hydrogens (tertiary/aromatic N) is 1. The molecule has 36 heavy (non-hydrogen) atoms. The standard InChI is InChI=1S/C33H20BrNS/c34-27-9-2-8-26(20-27)25-7-1-6-24(19-25)21-12-14-22(15-13-21)28-17-16-23-5-3-11-30-31(23)32(28)29-10-4-18-35-33(29)36-30/h1-20H. The lowest BCUT2D eigenvalue weighted by molar-refractivity contribution is 1.13. The van der Waals surface area contributed by atoms with E-state index < -0.39 is 0 Å². The molecule has 0 N–H and O–H groups in total. The highest BCUT2D eigenvalue weighted by atomic mass is 79.9. The van der Waals surface area contributed by atoms with Gasteiger partial charge in [0, 0.05) is 32.1 Å². The van der Waals surface area contributed by atoms with Crippen LogP contribution in [0.3, 0.4) is 0 Å². The van der Waals surface area contributed by atoms with E-state index >= 15 is 0 Å². The van der Waals surface area contributed by atoms with E-state index in [1.807, 2.05) is 12.3 Å². The molecule has 1 nitrogen and oxygen atoms in total. The summed E-state index contributed by atoms with van der Waals surface area (Å²) in [5.74, 6) is 0. The van der Waals surface area contributed by atoms with Crippen molar-refractivity contribution >= 4 is 38.5 Å². The Hall–Kier alpha value is -3.66. The average Bonchev–Trinajstić information content (AvgIpc) is 2.93. The summed E-state index contributed by atoms with van der Waals surface area (Å²) in [5, 5.41) is 3.67. The van der Waals surface area contributed by atoms with Gasteiger partial charge in [0.05, 0.1) is 0 Å². The lowest BCUT2D eigenvalue weighted by atomic mass is 9.89. The van der Waals surface area contributed by atoms with Crippen LogP contribution in [0.25, 0.3) is 55.3 Å². The minimum absolute atomic E-state index is 1.07. The number of aromatic nitrogens is 1. The Kier molecular flexibility index (Phi) is 5.27. The summed E-state index contributed by atoms with van der Waals surface area (Å²) in [6.45, 7) is 0. The molecule has 170 valence electrons. The predicted octanol–water partition coefficient (Wildman–Crippen LogP) is 10.1. The molecule has 5 aromatic carbocycles. The Bertz CT molecular complexity index is 1770. The van der Waals surface area contributed by atoms with Gasteiger partial charge in [-0.15, -0.1) is 0 Å². The van der Waals surface area contributed by atoms with Gasteiger partial charge in [-0.25, -0.2) is 4.98 Å². The first kappa shape index (κ1) is 21.6. The van der Waals surface area contributed by atoms with Crippen LogP contribution in [0, 0.1) is 0 Å². The van der Waals surface area contributed by atoms with Crippen molar-refractivity contribution in [2.24, 2.45) is 0 Å². The van der Waals surface area contributed by atoms with Gasteiger partial charge >= 0.3 is 0 Å². The summed E-state index contributed by atoms with van der Waals surface area (Å²) in [4.78, 5) is 5.97. The van der Waals surface area contributed by atoms with Crippen molar-refractivity contribution in [3.63, 3.8) is 0 Å². The van der Waals surface area contributed by atoms with Crippen molar-refractivity contribution in [1.82, 2.24) is 4.98 Å². The van der Waals surface area contributed by atoms with Crippen molar-refractivity contribution in [2.45, 2.75) is 9.92 Å². The third-order valence-corrected chi connectivity index (χ3v) is 8.38. The van der Waals surface area contributed by atoms with Gasteiger partial charge in [-0.3, -0.25) is 0 Å². The van der Waals surface area contributed by atoms with Crippen molar-refractivity contribution in [2.75, 3.05) is 0 Å². The fourth-order valence-electron chi connectivity index (χ4n) is 5.11. The predicted molar refractivity (Wildman–Crippen MR) is 155 cm³/mol. The second-order valence-electron chi connectivity index (χ2n) is 8.97. The highest BCUT2D eigenvalue weighted by Gasteiger charge is 2.23. The Morgan fingerprint density at radius 2 is 1.28 bits per heavy atom. The van der Waals surface area contributed by atoms with E-state index in [0.29, 0.717) is 0 Å². The molecule has 0 saturated carbocycles. The summed E-state index contributed by atoms with van der Waals surface area (Å²) in [5.41, 5.74) is 9.82. The minimum Gasteiger partial charge on any atom is -0.249 e. The maximum Gasteiger partial charge on any atom is 0.109 e. The molecule has 0 bridgehead atoms. The minimum atomic E-state index is 1.07. The molecule has 0 spiro atoms. The normalized spacial score (nSPS) is 11.9. The lowest BCUT2D eigenvalue weighted by Crippen LogP contribution is -1.97. The van der Waals surface area contributed by atoms with Crippen LogP contribution in [0.1, 0.15) is 0 Å². The summed E-state index contributed by atoms with van der Waals surface area (Å²) in [6, 6.07) is 41.5. The lowest BCUT2D eigenvalue weighted by Gasteiger charge is -2.22. The zero-order valence-corrected chi connectivity index (χ0v) is 21.7. The maximum absolute atomic E-state index is 4.69. The van der Waals surface area contributed by atoms with Crippen LogP contribution < -0.4 is 0 Å². The van der Waals surface area contributed by atoms with Crippen LogP contribution in [-0.2, 0) is 0 Å². The van der Waals surface area contributed by atoms with Crippen molar-refractivity contribution in [3.05, 3.63) is 126 Å². The molecule has 6 aromatic rings. The molecule has 1 aromatic heterocycles. The Balaban J connectivity index is 1.33. The number of rotatable bonds is 3. The van der Waals surface area contributed by atoms with Gasteiger partial charge in [-0.05, 0) is 69.1 Å². The number of fused-ring (bicyclic) bond motifs is 2. The number of halogens is 1. The van der Waals surface area contributed by atoms with Crippen LogP contribution in [0.4, 0.5) is 0 Å². The molecular formula is C33H20BrNS. The molecule has 1 aliphatic heterocycles. The number of benzene rings is 5. The second-order valence-corrected chi connectivity index (χ2v) is 10.9. The number of hydrogen-bond donors (Lipinski definition) is 0. The molecule has 0 atom stereocenters. The van der Waals surface area contributed by atoms with Gasteiger partial charge in [0.25, 0.3) is 0 Å². The molecule has 0 saturated heterocycles. The van der Waals surface area contributed by atoms with E-state index in [9.17, 15) is 0 Å². The Morgan fingerprint density at radius 3 is 2.11 bits per heavy atom. The third kappa shape index (κ3) is 3.67. The molecule has 0 unspecified atom stereocenters. The van der Waals surface area contributed by atoms with Gasteiger partial charge in [-0.1, -0.05) is 113 Å². The molecular weight excluding hydrogens is 522 g/mol. The van der Waals surface area contributed by atoms with E-state index in [2.05, 4.69) is 125 Å². The first-order valence-corrected chi connectivity index (χ1v) is 13.5. The van der Waals surface area contributed by atoms with E-state index in [4.69, 9.17) is 4.98 Å². The first-order valence-electron chi connectivity index (χ1n) is 11.9. The van der Waals surface area contributed by atoms with Crippen LogP contribution >= 0.6 is 27.7 Å². The number of pyridine rings is 1. The summed E-state index contributed by atoms with van der Waals surface area (Å²) in [7, 11) is 0. The highest BCUT2D eigenvalue weighted by Crippen LogP contribution is 2.50. The fourth-order valence-corrected chi connectivity index (χ4v) is 6.58. The maximum atomic E-state index is 4.69. The van der Waals surface area contributed by atoms with Crippen molar-refractivity contribution in [1.29, 1.82) is 0 Å². The van der Waals surface area contributed by atoms with Gasteiger partial charge in [0.15, 0.2) is 0 Å². The number of hydrogen-bond acceptors (Lipinski definition) is 2. The first-order chi connectivity index (χ1) is 17.7. The third-order valence-electron chi connectivity index (χ3n) is 6.80. The van der Waals surface area contributed by atoms with E-state index in [1.54, 1.807) is 11.8 Å². The zero-order chi connectivity index (χ0) is 24.1. The fraction of sp³-hybridized carbons (Fsp3) is 0. The monoisotopic (exact) mass is 541 g/mol. The van der Waals surface area contributed by atoms with Crippen LogP contribution in [0.5, 0.6) is 0 Å². The molecule has 0 amide bonds. The molecule has 1 aliphatic rings. The Labute approximate surface area is 223 Å². The quantitative estimate of drug-likeness (QED) is 0.220. The largest absolute Gasteiger partial charge is 0.249 e. The topological polar surface area (TPSA) is 12.9 Å². The average molecular weight is 543 g/mol. The molecule has 0 aliphatic carbocycles. The smallest absolute Gasteiger partial charge is 0.109 e. The SMILES string of the molecule is Brc1cccc(-c2cccc(-c3ccc(-c4ccc5cccc6c5c4-c4cccnc4S6)cc3)c2)c1. The summed E-state index contributed by atoms with van der Waals surface area (Å²) < 4.78 is 1.09. The van der Waals surface area contributed by atoms with Crippen LogP contribution in [0.15, 0.2) is 136 Å². The van der Waals surface area contributed by atoms with E-state index in [-0.39, 0.29) is 0 Å². The molecule has 3 heteroatoms. The van der Waals surface area contributed by atoms with Crippen LogP contribution in [0.2, 0.25) is 0 Å². The molecule has 7 rings (SSSR count). The van der Waals surface area contributed by atoms with Crippen molar-refractivity contribution in [3.8, 4) is 44.5 Å². The summed E-state index contributed by atoms with van der Waals surface area (Å²) >= 11 is 5.36. The van der Waals surface area contributed by atoms with Crippen LogP contribution in [-0.4, -0.2) is 4.98 Å². The molecule has 2 heterocycles. The molecule has 0 fully saturated rings. The molecule has 0 radical (unpaired) electrons. The second kappa shape index (κ2) is 8.77. The van der Waals surface area contributed by atoms with Gasteiger partial charge in [0.2, 0.25) is 0 Å². The highest BCUT2D eigenvalue weighted by molar-refractivity contribution is 9.10. The zero-order valence-electron chi connectivity index (χ0n) is 19.3. The van der Waals surface area contributed by atoms with Gasteiger partial charge in [0.1, 0.15) is 5.03 Å².